The quantitative estimate of drug-likeness (QED) is 0.840. The largest absolute Gasteiger partial charge is 0.346 e. The zero-order chi connectivity index (χ0) is 15.9. The summed E-state index contributed by atoms with van der Waals surface area (Å²) in [5.74, 6) is 0.697. The number of aryl methyl sites for hydroxylation is 2. The monoisotopic (exact) mass is 314 g/mol. The molecule has 10 heteroatoms. The molecule has 116 valence electrons. The zero-order valence-electron chi connectivity index (χ0n) is 12.5. The van der Waals surface area contributed by atoms with E-state index in [1.54, 1.807) is 11.6 Å². The second-order valence-corrected chi connectivity index (χ2v) is 6.73. The first-order chi connectivity index (χ1) is 9.63. The van der Waals surface area contributed by atoms with Gasteiger partial charge in [-0.15, -0.1) is 5.10 Å². The number of rotatable bonds is 4. The molecule has 0 aromatic carbocycles. The number of nitrogens with zero attached hydrogens (tertiary/aromatic N) is 5. The van der Waals surface area contributed by atoms with Crippen LogP contribution in [0, 0.1) is 0 Å². The van der Waals surface area contributed by atoms with E-state index < -0.39 is 15.7 Å². The maximum Gasteiger partial charge on any atom is 0.346 e. The van der Waals surface area contributed by atoms with E-state index >= 15 is 0 Å². The molecule has 2 aromatic heterocycles. The molecule has 0 amide bonds. The molecule has 0 saturated heterocycles. The molecule has 9 nitrogen and oxygen atoms in total. The zero-order valence-corrected chi connectivity index (χ0v) is 13.3. The summed E-state index contributed by atoms with van der Waals surface area (Å²) in [5, 5.41) is 3.72. The third-order valence-corrected chi connectivity index (χ3v) is 4.23. The highest BCUT2D eigenvalue weighted by Gasteiger charge is 2.23. The van der Waals surface area contributed by atoms with Gasteiger partial charge in [0.1, 0.15) is 5.82 Å². The van der Waals surface area contributed by atoms with Crippen molar-refractivity contribution in [2.75, 3.05) is 4.72 Å². The molecule has 2 heterocycles. The fourth-order valence-corrected chi connectivity index (χ4v) is 2.97. The van der Waals surface area contributed by atoms with Gasteiger partial charge in [-0.05, 0) is 0 Å². The summed E-state index contributed by atoms with van der Waals surface area (Å²) >= 11 is 0. The summed E-state index contributed by atoms with van der Waals surface area (Å²) in [7, 11) is 0.720. The van der Waals surface area contributed by atoms with E-state index in [9.17, 15) is 13.2 Å². The van der Waals surface area contributed by atoms with E-state index in [-0.39, 0.29) is 16.9 Å². The fraction of sp³-hybridized carbons (Fsp3) is 0.545. The van der Waals surface area contributed by atoms with Crippen LogP contribution in [0.2, 0.25) is 0 Å². The van der Waals surface area contributed by atoms with Gasteiger partial charge in [-0.3, -0.25) is 4.57 Å². The van der Waals surface area contributed by atoms with Gasteiger partial charge in [-0.1, -0.05) is 13.8 Å². The molecule has 21 heavy (non-hydrogen) atoms. The number of nitrogens with one attached hydrogen (secondary N) is 1. The third-order valence-electron chi connectivity index (χ3n) is 3.03. The summed E-state index contributed by atoms with van der Waals surface area (Å²) < 4.78 is 30.7. The van der Waals surface area contributed by atoms with E-state index in [1.807, 2.05) is 13.8 Å². The van der Waals surface area contributed by atoms with E-state index in [4.69, 9.17) is 0 Å². The van der Waals surface area contributed by atoms with Crippen molar-refractivity contribution < 1.29 is 8.42 Å². The molecule has 0 unspecified atom stereocenters. The number of imidazole rings is 1. The molecule has 0 fully saturated rings. The number of sulfonamides is 1. The van der Waals surface area contributed by atoms with Crippen LogP contribution in [0.4, 0.5) is 5.95 Å². The maximum atomic E-state index is 12.3. The average molecular weight is 314 g/mol. The van der Waals surface area contributed by atoms with Gasteiger partial charge in [0, 0.05) is 33.3 Å². The second kappa shape index (κ2) is 5.02. The third kappa shape index (κ3) is 2.71. The van der Waals surface area contributed by atoms with Crippen molar-refractivity contribution in [1.29, 1.82) is 0 Å². The minimum atomic E-state index is -3.89. The van der Waals surface area contributed by atoms with Gasteiger partial charge in [-0.2, -0.15) is 8.42 Å². The Morgan fingerprint density at radius 1 is 1.24 bits per heavy atom. The van der Waals surface area contributed by atoms with Crippen LogP contribution in [0.5, 0.6) is 0 Å². The first-order valence-corrected chi connectivity index (χ1v) is 7.78. The maximum absolute atomic E-state index is 12.3. The predicted molar refractivity (Wildman–Crippen MR) is 76.6 cm³/mol. The van der Waals surface area contributed by atoms with Crippen LogP contribution < -0.4 is 10.4 Å². The lowest BCUT2D eigenvalue weighted by Gasteiger charge is -2.03. The van der Waals surface area contributed by atoms with E-state index in [0.29, 0.717) is 5.82 Å². The molecule has 0 aliphatic carbocycles. The first kappa shape index (κ1) is 15.3. The summed E-state index contributed by atoms with van der Waals surface area (Å²) in [6.07, 6.45) is 1.43. The summed E-state index contributed by atoms with van der Waals surface area (Å²) in [4.78, 5) is 15.7. The van der Waals surface area contributed by atoms with Gasteiger partial charge in [0.15, 0.2) is 5.03 Å². The van der Waals surface area contributed by atoms with Crippen molar-refractivity contribution in [3.8, 4) is 0 Å². The molecule has 0 radical (unpaired) electrons. The highest BCUT2D eigenvalue weighted by Crippen LogP contribution is 2.17. The number of anilines is 1. The number of hydrogen-bond donors (Lipinski definition) is 1. The van der Waals surface area contributed by atoms with Gasteiger partial charge in [0.25, 0.3) is 10.0 Å². The lowest BCUT2D eigenvalue weighted by atomic mass is 10.2. The summed E-state index contributed by atoms with van der Waals surface area (Å²) in [6.45, 7) is 3.85. The summed E-state index contributed by atoms with van der Waals surface area (Å²) in [5.41, 5.74) is -0.420. The fourth-order valence-electron chi connectivity index (χ4n) is 1.94. The van der Waals surface area contributed by atoms with Crippen molar-refractivity contribution >= 4 is 16.0 Å². The molecule has 0 aliphatic heterocycles. The summed E-state index contributed by atoms with van der Waals surface area (Å²) in [6, 6.07) is 0. The Labute approximate surface area is 122 Å². The highest BCUT2D eigenvalue weighted by atomic mass is 32.2. The van der Waals surface area contributed by atoms with E-state index in [1.165, 1.54) is 20.3 Å². The molecule has 0 bridgehead atoms. The molecule has 0 spiro atoms. The Balaban J connectivity index is 2.41. The van der Waals surface area contributed by atoms with Crippen LogP contribution in [0.1, 0.15) is 25.6 Å². The van der Waals surface area contributed by atoms with Gasteiger partial charge in [0.2, 0.25) is 5.95 Å². The number of aromatic nitrogens is 5. The molecular formula is C11H18N6O3S. The van der Waals surface area contributed by atoms with Crippen molar-refractivity contribution in [1.82, 2.24) is 23.9 Å². The lowest BCUT2D eigenvalue weighted by Crippen LogP contribution is -2.22. The second-order valence-electron chi connectivity index (χ2n) is 5.10. The van der Waals surface area contributed by atoms with Crippen molar-refractivity contribution in [3.63, 3.8) is 0 Å². The molecular weight excluding hydrogens is 296 g/mol. The minimum absolute atomic E-state index is 0.0562. The Morgan fingerprint density at radius 2 is 1.86 bits per heavy atom. The molecule has 2 rings (SSSR count). The minimum Gasteiger partial charge on any atom is -0.336 e. The number of hydrogen-bond acceptors (Lipinski definition) is 5. The highest BCUT2D eigenvalue weighted by molar-refractivity contribution is 7.92. The molecule has 2 aromatic rings. The normalized spacial score (nSPS) is 12.1. The van der Waals surface area contributed by atoms with Crippen LogP contribution in [-0.4, -0.2) is 32.3 Å². The Hall–Kier alpha value is -2.10. The van der Waals surface area contributed by atoms with Crippen molar-refractivity contribution in [3.05, 3.63) is 22.5 Å². The van der Waals surface area contributed by atoms with E-state index in [0.717, 1.165) is 9.25 Å². The van der Waals surface area contributed by atoms with Crippen LogP contribution in [0.3, 0.4) is 0 Å². The smallest absolute Gasteiger partial charge is 0.336 e. The molecule has 1 N–H and O–H groups in total. The standard InChI is InChI=1S/C11H18N6O3S/c1-7(2)9-12-8(6-15(9)3)21(19,20)14-10-13-17(5)11(18)16(10)4/h6-7H,1-5H3,(H,13,14). The Morgan fingerprint density at radius 3 is 2.29 bits per heavy atom. The van der Waals surface area contributed by atoms with Crippen LogP contribution in [0.25, 0.3) is 0 Å². The van der Waals surface area contributed by atoms with Crippen LogP contribution in [0.15, 0.2) is 16.0 Å². The van der Waals surface area contributed by atoms with Crippen molar-refractivity contribution in [2.24, 2.45) is 21.1 Å². The van der Waals surface area contributed by atoms with E-state index in [2.05, 4.69) is 14.8 Å². The van der Waals surface area contributed by atoms with Crippen LogP contribution >= 0.6 is 0 Å². The molecule has 0 saturated carbocycles. The van der Waals surface area contributed by atoms with Gasteiger partial charge in [0.05, 0.1) is 0 Å². The van der Waals surface area contributed by atoms with Gasteiger partial charge in [-0.25, -0.2) is 19.2 Å². The molecule has 0 atom stereocenters. The topological polar surface area (TPSA) is 104 Å². The average Bonchev–Trinajstić information content (AvgIpc) is 2.87. The molecule has 0 aliphatic rings. The Kier molecular flexibility index (Phi) is 3.66. The van der Waals surface area contributed by atoms with Crippen LogP contribution in [-0.2, 0) is 31.2 Å². The SMILES string of the molecule is CC(C)c1nc(S(=O)(=O)Nc2nn(C)c(=O)n2C)cn1C. The predicted octanol–water partition coefficient (Wildman–Crippen LogP) is -0.223. The Bertz CT molecular complexity index is 827. The van der Waals surface area contributed by atoms with Gasteiger partial charge >= 0.3 is 5.69 Å². The van der Waals surface area contributed by atoms with Crippen molar-refractivity contribution in [2.45, 2.75) is 24.8 Å². The first-order valence-electron chi connectivity index (χ1n) is 6.29. The lowest BCUT2D eigenvalue weighted by molar-refractivity contribution is 0.596. The van der Waals surface area contributed by atoms with Gasteiger partial charge < -0.3 is 4.57 Å².